The number of nitrogens with one attached hydrogen (secondary N) is 1. The van der Waals surface area contributed by atoms with Gasteiger partial charge < -0.3 is 19.9 Å². The Hall–Kier alpha value is -4.27. The quantitative estimate of drug-likeness (QED) is 0.450. The standard InChI is InChI=1S/C28H31N5O4/c1-32-19-23-17-22(3-4-24(23)31-25(28(32)36)18-26(34)37-2)27(35)33(15-9-20-5-11-29-12-6-20)16-10-21-7-13-30-14-8-21/h3-8,11-14,17,25,31H,9-10,15-16,18-19H2,1-2H3. The molecule has 192 valence electrons. The Morgan fingerprint density at radius 3 is 2.16 bits per heavy atom. The predicted octanol–water partition coefficient (Wildman–Crippen LogP) is 2.72. The Bertz CT molecular complexity index is 1190. The molecule has 4 rings (SSSR count). The van der Waals surface area contributed by atoms with Crippen LogP contribution in [-0.2, 0) is 33.7 Å². The van der Waals surface area contributed by atoms with Crippen molar-refractivity contribution in [3.05, 3.63) is 89.5 Å². The Labute approximate surface area is 216 Å². The first-order valence-electron chi connectivity index (χ1n) is 12.2. The minimum atomic E-state index is -0.725. The van der Waals surface area contributed by atoms with E-state index in [9.17, 15) is 14.4 Å². The van der Waals surface area contributed by atoms with Gasteiger partial charge in [-0.2, -0.15) is 0 Å². The molecule has 1 aromatic carbocycles. The Kier molecular flexibility index (Phi) is 8.45. The third kappa shape index (κ3) is 6.69. The molecule has 2 amide bonds. The van der Waals surface area contributed by atoms with Gasteiger partial charge in [-0.25, -0.2) is 0 Å². The largest absolute Gasteiger partial charge is 0.469 e. The first-order valence-corrected chi connectivity index (χ1v) is 12.2. The molecule has 3 aromatic rings. The Morgan fingerprint density at radius 1 is 1.00 bits per heavy atom. The normalized spacial score (nSPS) is 14.8. The summed E-state index contributed by atoms with van der Waals surface area (Å²) in [6, 6.07) is 12.5. The molecule has 1 unspecified atom stereocenters. The molecule has 0 fully saturated rings. The minimum absolute atomic E-state index is 0.0718. The fourth-order valence-electron chi connectivity index (χ4n) is 4.36. The number of benzene rings is 1. The van der Waals surface area contributed by atoms with E-state index in [2.05, 4.69) is 15.3 Å². The summed E-state index contributed by atoms with van der Waals surface area (Å²) in [5.74, 6) is -0.741. The second-order valence-corrected chi connectivity index (χ2v) is 9.05. The van der Waals surface area contributed by atoms with E-state index in [-0.39, 0.29) is 18.2 Å². The van der Waals surface area contributed by atoms with Crippen molar-refractivity contribution in [3.63, 3.8) is 0 Å². The van der Waals surface area contributed by atoms with Crippen LogP contribution in [-0.4, -0.2) is 70.8 Å². The SMILES string of the molecule is COC(=O)CC1Nc2ccc(C(=O)N(CCc3ccncc3)CCc3ccncc3)cc2CN(C)C1=O. The van der Waals surface area contributed by atoms with Crippen LogP contribution in [0.4, 0.5) is 5.69 Å². The first-order chi connectivity index (χ1) is 17.9. The highest BCUT2D eigenvalue weighted by Gasteiger charge is 2.30. The van der Waals surface area contributed by atoms with Crippen LogP contribution >= 0.6 is 0 Å². The van der Waals surface area contributed by atoms with Crippen molar-refractivity contribution in [1.29, 1.82) is 0 Å². The van der Waals surface area contributed by atoms with Crippen LogP contribution in [0.3, 0.4) is 0 Å². The van der Waals surface area contributed by atoms with Crippen LogP contribution in [0.25, 0.3) is 0 Å². The number of aromatic nitrogens is 2. The van der Waals surface area contributed by atoms with E-state index in [0.29, 0.717) is 38.0 Å². The predicted molar refractivity (Wildman–Crippen MR) is 139 cm³/mol. The topological polar surface area (TPSA) is 105 Å². The second-order valence-electron chi connectivity index (χ2n) is 9.05. The average molecular weight is 502 g/mol. The van der Waals surface area contributed by atoms with Gasteiger partial charge in [-0.15, -0.1) is 0 Å². The summed E-state index contributed by atoms with van der Waals surface area (Å²) in [5, 5.41) is 3.16. The molecule has 1 aliphatic heterocycles. The third-order valence-corrected chi connectivity index (χ3v) is 6.49. The number of anilines is 1. The number of ether oxygens (including phenoxy) is 1. The van der Waals surface area contributed by atoms with Gasteiger partial charge in [-0.05, 0) is 72.0 Å². The zero-order chi connectivity index (χ0) is 26.2. The van der Waals surface area contributed by atoms with Crippen LogP contribution < -0.4 is 5.32 Å². The molecule has 0 aliphatic carbocycles. The number of carbonyl (C=O) groups is 3. The minimum Gasteiger partial charge on any atom is -0.469 e. The summed E-state index contributed by atoms with van der Waals surface area (Å²) >= 11 is 0. The average Bonchev–Trinajstić information content (AvgIpc) is 3.04. The first kappa shape index (κ1) is 25.8. The molecule has 1 aliphatic rings. The number of amides is 2. The summed E-state index contributed by atoms with van der Waals surface area (Å²) < 4.78 is 4.75. The molecular formula is C28H31N5O4. The smallest absolute Gasteiger partial charge is 0.308 e. The number of rotatable bonds is 9. The molecule has 0 saturated heterocycles. The van der Waals surface area contributed by atoms with Crippen molar-refractivity contribution in [2.24, 2.45) is 0 Å². The number of hydrogen-bond acceptors (Lipinski definition) is 7. The molecule has 0 radical (unpaired) electrons. The van der Waals surface area contributed by atoms with E-state index in [1.165, 1.54) is 7.11 Å². The lowest BCUT2D eigenvalue weighted by molar-refractivity contribution is -0.143. The van der Waals surface area contributed by atoms with Gasteiger partial charge in [0.2, 0.25) is 5.91 Å². The number of hydrogen-bond donors (Lipinski definition) is 1. The van der Waals surface area contributed by atoms with Gasteiger partial charge in [0, 0.05) is 62.7 Å². The second kappa shape index (κ2) is 12.1. The van der Waals surface area contributed by atoms with E-state index < -0.39 is 12.0 Å². The van der Waals surface area contributed by atoms with Crippen molar-refractivity contribution in [1.82, 2.24) is 19.8 Å². The summed E-state index contributed by atoms with van der Waals surface area (Å²) in [7, 11) is 2.99. The van der Waals surface area contributed by atoms with Gasteiger partial charge in [-0.1, -0.05) is 0 Å². The maximum absolute atomic E-state index is 13.7. The summed E-state index contributed by atoms with van der Waals surface area (Å²) in [5.41, 5.74) is 4.32. The van der Waals surface area contributed by atoms with E-state index in [1.54, 1.807) is 42.8 Å². The van der Waals surface area contributed by atoms with E-state index in [0.717, 1.165) is 22.4 Å². The molecule has 0 spiro atoms. The van der Waals surface area contributed by atoms with Crippen LogP contribution in [0.2, 0.25) is 0 Å². The van der Waals surface area contributed by atoms with E-state index in [4.69, 9.17) is 4.74 Å². The zero-order valence-electron chi connectivity index (χ0n) is 21.1. The monoisotopic (exact) mass is 501 g/mol. The molecule has 1 atom stereocenters. The number of esters is 1. The lowest BCUT2D eigenvalue weighted by Crippen LogP contribution is -2.39. The summed E-state index contributed by atoms with van der Waals surface area (Å²) in [4.78, 5) is 49.9. The molecule has 0 bridgehead atoms. The maximum atomic E-state index is 13.7. The fraction of sp³-hybridized carbons (Fsp3) is 0.321. The van der Waals surface area contributed by atoms with Crippen molar-refractivity contribution >= 4 is 23.5 Å². The molecule has 9 nitrogen and oxygen atoms in total. The van der Waals surface area contributed by atoms with Gasteiger partial charge in [0.1, 0.15) is 6.04 Å². The Balaban J connectivity index is 1.54. The van der Waals surface area contributed by atoms with E-state index in [1.807, 2.05) is 41.3 Å². The molecule has 9 heteroatoms. The molecule has 2 aromatic heterocycles. The highest BCUT2D eigenvalue weighted by Crippen LogP contribution is 2.25. The van der Waals surface area contributed by atoms with E-state index >= 15 is 0 Å². The summed E-state index contributed by atoms with van der Waals surface area (Å²) in [6.07, 6.45) is 8.36. The molecule has 0 saturated carbocycles. The lowest BCUT2D eigenvalue weighted by Gasteiger charge is -2.24. The van der Waals surface area contributed by atoms with Crippen LogP contribution in [0, 0.1) is 0 Å². The number of pyridine rings is 2. The van der Waals surface area contributed by atoms with Gasteiger partial charge in [0.15, 0.2) is 0 Å². The highest BCUT2D eigenvalue weighted by molar-refractivity contribution is 5.96. The van der Waals surface area contributed by atoms with Gasteiger partial charge in [-0.3, -0.25) is 24.4 Å². The number of nitrogens with zero attached hydrogens (tertiary/aromatic N) is 4. The lowest BCUT2D eigenvalue weighted by atomic mass is 10.1. The van der Waals surface area contributed by atoms with Gasteiger partial charge in [0.25, 0.3) is 5.91 Å². The molecule has 37 heavy (non-hydrogen) atoms. The highest BCUT2D eigenvalue weighted by atomic mass is 16.5. The van der Waals surface area contributed by atoms with Crippen LogP contribution in [0.1, 0.15) is 33.5 Å². The number of methoxy groups -OCH3 is 1. The van der Waals surface area contributed by atoms with Gasteiger partial charge in [0.05, 0.1) is 13.5 Å². The van der Waals surface area contributed by atoms with Crippen molar-refractivity contribution in [2.45, 2.75) is 31.8 Å². The number of likely N-dealkylation sites (N-methyl/N-ethyl adjacent to an activating group) is 1. The number of fused-ring (bicyclic) bond motifs is 1. The fourth-order valence-corrected chi connectivity index (χ4v) is 4.36. The van der Waals surface area contributed by atoms with Crippen molar-refractivity contribution in [3.8, 4) is 0 Å². The van der Waals surface area contributed by atoms with Crippen molar-refractivity contribution < 1.29 is 19.1 Å². The van der Waals surface area contributed by atoms with Crippen LogP contribution in [0.15, 0.2) is 67.3 Å². The molecule has 1 N–H and O–H groups in total. The molecular weight excluding hydrogens is 470 g/mol. The maximum Gasteiger partial charge on any atom is 0.308 e. The molecule has 3 heterocycles. The third-order valence-electron chi connectivity index (χ3n) is 6.49. The Morgan fingerprint density at radius 2 is 1.59 bits per heavy atom. The zero-order valence-corrected chi connectivity index (χ0v) is 21.1. The van der Waals surface area contributed by atoms with Gasteiger partial charge >= 0.3 is 5.97 Å². The van der Waals surface area contributed by atoms with Crippen molar-refractivity contribution in [2.75, 3.05) is 32.6 Å². The summed E-state index contributed by atoms with van der Waals surface area (Å²) in [6.45, 7) is 1.44. The van der Waals surface area contributed by atoms with Crippen LogP contribution in [0.5, 0.6) is 0 Å². The number of carbonyl (C=O) groups excluding carboxylic acids is 3.